The molecule has 4 rings (SSSR count). The van der Waals surface area contributed by atoms with Crippen molar-refractivity contribution < 1.29 is 23.3 Å². The predicted octanol–water partition coefficient (Wildman–Crippen LogP) is 3.99. The fourth-order valence-corrected chi connectivity index (χ4v) is 3.97. The van der Waals surface area contributed by atoms with E-state index in [4.69, 9.17) is 8.83 Å². The highest BCUT2D eigenvalue weighted by molar-refractivity contribution is 8.03. The normalized spacial score (nSPS) is 14.1. The molecule has 29 heavy (non-hydrogen) atoms. The number of amides is 2. The summed E-state index contributed by atoms with van der Waals surface area (Å²) < 4.78 is 10.6. The fraction of sp³-hybridized carbons (Fsp3) is 0.100. The molecule has 2 amide bonds. The van der Waals surface area contributed by atoms with Gasteiger partial charge < -0.3 is 8.83 Å². The Balaban J connectivity index is 1.68. The third-order valence-electron chi connectivity index (χ3n) is 4.33. The summed E-state index contributed by atoms with van der Waals surface area (Å²) in [7, 11) is 0. The molecule has 0 fully saturated rings. The van der Waals surface area contributed by atoms with Crippen molar-refractivity contribution in [2.24, 2.45) is 0 Å². The summed E-state index contributed by atoms with van der Waals surface area (Å²) in [6.45, 7) is 0.00591. The molecule has 9 heteroatoms. The lowest BCUT2D eigenvalue weighted by Crippen LogP contribution is -2.30. The Morgan fingerprint density at radius 3 is 2.17 bits per heavy atom. The lowest BCUT2D eigenvalue weighted by Gasteiger charge is -2.13. The van der Waals surface area contributed by atoms with Gasteiger partial charge in [0.1, 0.15) is 11.5 Å². The molecule has 8 nitrogen and oxygen atoms in total. The van der Waals surface area contributed by atoms with Gasteiger partial charge in [0, 0.05) is 12.1 Å². The number of hydrogen-bond donors (Lipinski definition) is 0. The van der Waals surface area contributed by atoms with Crippen molar-refractivity contribution in [1.29, 1.82) is 0 Å². The Labute approximate surface area is 168 Å². The number of rotatable bonds is 7. The van der Waals surface area contributed by atoms with Crippen molar-refractivity contribution in [1.82, 2.24) is 4.90 Å². The Morgan fingerprint density at radius 1 is 0.931 bits per heavy atom. The Kier molecular flexibility index (Phi) is 5.05. The number of furan rings is 2. The molecule has 0 unspecified atom stereocenters. The molecular weight excluding hydrogens is 396 g/mol. The number of hydrogen-bond acceptors (Lipinski definition) is 7. The number of carbonyl (C=O) groups excluding carboxylic acids is 2. The number of non-ortho nitro benzene ring substituents is 1. The number of imide groups is 1. The van der Waals surface area contributed by atoms with Gasteiger partial charge in [-0.3, -0.25) is 24.6 Å². The molecule has 0 radical (unpaired) electrons. The summed E-state index contributed by atoms with van der Waals surface area (Å²) in [6.07, 6.45) is 3.00. The minimum absolute atomic E-state index is 0.00591. The van der Waals surface area contributed by atoms with E-state index in [2.05, 4.69) is 0 Å². The van der Waals surface area contributed by atoms with Gasteiger partial charge in [-0.15, -0.1) is 11.8 Å². The second-order valence-corrected chi connectivity index (χ2v) is 7.14. The molecule has 146 valence electrons. The van der Waals surface area contributed by atoms with Crippen LogP contribution in [-0.2, 0) is 21.9 Å². The van der Waals surface area contributed by atoms with Crippen molar-refractivity contribution in [2.75, 3.05) is 0 Å². The van der Waals surface area contributed by atoms with Gasteiger partial charge in [-0.2, -0.15) is 0 Å². The largest absolute Gasteiger partial charge is 0.468 e. The quantitative estimate of drug-likeness (QED) is 0.329. The van der Waals surface area contributed by atoms with E-state index in [-0.39, 0.29) is 22.7 Å². The van der Waals surface area contributed by atoms with E-state index in [1.807, 2.05) is 0 Å². The second kappa shape index (κ2) is 7.80. The summed E-state index contributed by atoms with van der Waals surface area (Å²) in [5.74, 6) is 0.604. The van der Waals surface area contributed by atoms with Gasteiger partial charge in [0.25, 0.3) is 17.5 Å². The molecule has 1 aliphatic rings. The van der Waals surface area contributed by atoms with E-state index >= 15 is 0 Å². The van der Waals surface area contributed by atoms with Crippen molar-refractivity contribution in [3.05, 3.63) is 93.2 Å². The van der Waals surface area contributed by atoms with Crippen molar-refractivity contribution in [3.63, 3.8) is 0 Å². The van der Waals surface area contributed by atoms with E-state index in [9.17, 15) is 19.7 Å². The minimum atomic E-state index is -0.518. The van der Waals surface area contributed by atoms with Crippen molar-refractivity contribution in [2.45, 2.75) is 12.3 Å². The maximum Gasteiger partial charge on any atom is 0.269 e. The van der Waals surface area contributed by atoms with Crippen LogP contribution in [0, 0.1) is 10.1 Å². The monoisotopic (exact) mass is 410 g/mol. The maximum absolute atomic E-state index is 13.1. The smallest absolute Gasteiger partial charge is 0.269 e. The number of carbonyl (C=O) groups is 2. The van der Waals surface area contributed by atoms with E-state index in [0.29, 0.717) is 22.8 Å². The lowest BCUT2D eigenvalue weighted by molar-refractivity contribution is -0.384. The van der Waals surface area contributed by atoms with Crippen LogP contribution in [0.2, 0.25) is 0 Å². The van der Waals surface area contributed by atoms with Crippen LogP contribution in [0.15, 0.2) is 74.8 Å². The van der Waals surface area contributed by atoms with E-state index in [1.165, 1.54) is 48.6 Å². The first-order chi connectivity index (χ1) is 14.0. The minimum Gasteiger partial charge on any atom is -0.468 e. The molecule has 1 aromatic carbocycles. The molecule has 0 saturated heterocycles. The number of nitrogens with zero attached hydrogens (tertiary/aromatic N) is 2. The molecule has 0 N–H and O–H groups in total. The van der Waals surface area contributed by atoms with Crippen LogP contribution < -0.4 is 0 Å². The highest BCUT2D eigenvalue weighted by Crippen LogP contribution is 2.38. The average Bonchev–Trinajstić information content (AvgIpc) is 3.45. The third kappa shape index (κ3) is 3.72. The summed E-state index contributed by atoms with van der Waals surface area (Å²) in [6, 6.07) is 12.4. The van der Waals surface area contributed by atoms with Crippen LogP contribution >= 0.6 is 11.8 Å². The predicted molar refractivity (Wildman–Crippen MR) is 104 cm³/mol. The topological polar surface area (TPSA) is 107 Å². The van der Waals surface area contributed by atoms with Gasteiger partial charge in [0.05, 0.1) is 40.2 Å². The number of thioether (sulfide) groups is 1. The fourth-order valence-electron chi connectivity index (χ4n) is 2.93. The average molecular weight is 410 g/mol. The summed E-state index contributed by atoms with van der Waals surface area (Å²) in [5, 5.41) is 10.9. The van der Waals surface area contributed by atoms with E-state index < -0.39 is 16.7 Å². The highest BCUT2D eigenvalue weighted by Gasteiger charge is 2.39. The van der Waals surface area contributed by atoms with Crippen molar-refractivity contribution in [3.8, 4) is 0 Å². The van der Waals surface area contributed by atoms with Crippen molar-refractivity contribution >= 4 is 34.8 Å². The first kappa shape index (κ1) is 18.8. The summed E-state index contributed by atoms with van der Waals surface area (Å²) >= 11 is 1.19. The van der Waals surface area contributed by atoms with Crippen LogP contribution in [0.3, 0.4) is 0 Å². The zero-order valence-electron chi connectivity index (χ0n) is 14.9. The maximum atomic E-state index is 13.1. The standard InChI is InChI=1S/C20H14N2O6S/c23-19-17(13-5-7-14(8-6-13)22(25)26)18(29-12-16-4-2-10-28-16)20(24)21(19)11-15-3-1-9-27-15/h1-10H,11-12H2. The molecule has 0 aliphatic carbocycles. The number of nitro benzene ring substituents is 1. The van der Waals surface area contributed by atoms with Gasteiger partial charge in [-0.25, -0.2) is 0 Å². The first-order valence-electron chi connectivity index (χ1n) is 8.57. The zero-order valence-corrected chi connectivity index (χ0v) is 15.8. The summed E-state index contributed by atoms with van der Waals surface area (Å²) in [4.78, 5) is 37.9. The van der Waals surface area contributed by atoms with Crippen LogP contribution in [0.1, 0.15) is 17.1 Å². The highest BCUT2D eigenvalue weighted by atomic mass is 32.2. The van der Waals surface area contributed by atoms with Crippen LogP contribution in [0.25, 0.3) is 5.57 Å². The molecule has 0 bridgehead atoms. The third-order valence-corrected chi connectivity index (χ3v) is 5.42. The Morgan fingerprint density at radius 2 is 1.59 bits per heavy atom. The number of nitro groups is 1. The first-order valence-corrected chi connectivity index (χ1v) is 9.56. The van der Waals surface area contributed by atoms with Gasteiger partial charge in [0.2, 0.25) is 0 Å². The van der Waals surface area contributed by atoms with Gasteiger partial charge in [-0.05, 0) is 42.0 Å². The number of benzene rings is 1. The molecule has 2 aromatic heterocycles. The van der Waals surface area contributed by atoms with Gasteiger partial charge in [0.15, 0.2) is 0 Å². The van der Waals surface area contributed by atoms with E-state index in [1.54, 1.807) is 24.3 Å². The van der Waals surface area contributed by atoms with Crippen LogP contribution in [0.4, 0.5) is 5.69 Å². The summed E-state index contributed by atoms with van der Waals surface area (Å²) in [5.41, 5.74) is 0.564. The lowest BCUT2D eigenvalue weighted by atomic mass is 10.1. The molecule has 0 spiro atoms. The molecule has 0 atom stereocenters. The molecular formula is C20H14N2O6S. The van der Waals surface area contributed by atoms with Crippen LogP contribution in [0.5, 0.6) is 0 Å². The molecule has 1 aliphatic heterocycles. The van der Waals surface area contributed by atoms with Gasteiger partial charge >= 0.3 is 0 Å². The van der Waals surface area contributed by atoms with E-state index in [0.717, 1.165) is 4.90 Å². The van der Waals surface area contributed by atoms with Crippen LogP contribution in [-0.4, -0.2) is 21.6 Å². The Bertz CT molecular complexity index is 1080. The molecule has 3 heterocycles. The molecule has 0 saturated carbocycles. The molecule has 3 aromatic rings. The second-order valence-electron chi connectivity index (χ2n) is 6.15. The SMILES string of the molecule is O=C1C(SCc2ccco2)=C(c2ccc([N+](=O)[O-])cc2)C(=O)N1Cc1ccco1. The zero-order chi connectivity index (χ0) is 20.4. The van der Waals surface area contributed by atoms with Gasteiger partial charge in [-0.1, -0.05) is 0 Å². The Hall–Kier alpha value is -3.59.